The molecule has 2 aromatic rings. The van der Waals surface area contributed by atoms with Crippen LogP contribution in [0.2, 0.25) is 15.1 Å². The zero-order chi connectivity index (χ0) is 34.2. The van der Waals surface area contributed by atoms with Gasteiger partial charge in [0.1, 0.15) is 68.0 Å². The van der Waals surface area contributed by atoms with Gasteiger partial charge in [0.05, 0.1) is 21.1 Å². The van der Waals surface area contributed by atoms with Gasteiger partial charge in [-0.1, -0.05) is 40.9 Å². The molecule has 0 aromatic heterocycles. The minimum atomic E-state index is -1.50. The molecule has 0 bridgehead atoms. The van der Waals surface area contributed by atoms with Crippen LogP contribution in [0, 0.1) is 0 Å². The van der Waals surface area contributed by atoms with Gasteiger partial charge in [-0.05, 0) is 55.3 Å². The molecule has 1 amide bonds. The predicted molar refractivity (Wildman–Crippen MR) is 168 cm³/mol. The Bertz CT molecular complexity index is 1540. The van der Waals surface area contributed by atoms with Crippen LogP contribution in [-0.4, -0.2) is 111 Å². The van der Waals surface area contributed by atoms with Crippen LogP contribution < -0.4 is 14.8 Å². The van der Waals surface area contributed by atoms with Crippen LogP contribution >= 0.6 is 34.8 Å². The predicted octanol–water partition coefficient (Wildman–Crippen LogP) is 1.93. The third-order valence-electron chi connectivity index (χ3n) is 8.16. The number of hydrogen-bond acceptors (Lipinski definition) is 12. The van der Waals surface area contributed by atoms with E-state index in [1.54, 1.807) is 13.0 Å². The Morgan fingerprint density at radius 3 is 2.28 bits per heavy atom. The lowest BCUT2D eigenvalue weighted by molar-refractivity contribution is -0.155. The van der Waals surface area contributed by atoms with Crippen molar-refractivity contribution in [2.45, 2.75) is 75.0 Å². The molecule has 1 saturated carbocycles. The van der Waals surface area contributed by atoms with Gasteiger partial charge in [-0.25, -0.2) is 0 Å². The van der Waals surface area contributed by atoms with Gasteiger partial charge in [0.15, 0.2) is 11.5 Å². The molecule has 5 rings (SSSR count). The molecule has 2 heterocycles. The first-order chi connectivity index (χ1) is 22.3. The number of aromatic hydroxyl groups is 1. The number of rotatable bonds is 9. The van der Waals surface area contributed by atoms with Crippen molar-refractivity contribution in [1.29, 1.82) is 0 Å². The van der Waals surface area contributed by atoms with Crippen LogP contribution in [0.5, 0.6) is 17.2 Å². The second-order valence-electron chi connectivity index (χ2n) is 11.4. The van der Waals surface area contributed by atoms with E-state index in [2.05, 4.69) is 5.32 Å². The Kier molecular flexibility index (Phi) is 11.3. The average molecular weight is 719 g/mol. The fourth-order valence-electron chi connectivity index (χ4n) is 5.50. The summed E-state index contributed by atoms with van der Waals surface area (Å²) >= 11 is 18.1. The van der Waals surface area contributed by atoms with Gasteiger partial charge in [0.25, 0.3) is 0 Å². The number of benzene rings is 2. The minimum Gasteiger partial charge on any atom is -0.504 e. The third kappa shape index (κ3) is 7.66. The number of aliphatic hydroxyl groups excluding tert-OH is 5. The lowest BCUT2D eigenvalue weighted by Gasteiger charge is -2.41. The molecular weight excluding hydrogens is 685 g/mol. The summed E-state index contributed by atoms with van der Waals surface area (Å²) in [6.07, 6.45) is -8.06. The molecule has 7 N–H and O–H groups in total. The molecule has 1 aliphatic carbocycles. The number of phenolic OH excluding ortho intramolecular Hbond substituents is 1. The lowest BCUT2D eigenvalue weighted by Crippen LogP contribution is -2.67. The number of amides is 1. The molecule has 10 atom stereocenters. The highest BCUT2D eigenvalue weighted by Crippen LogP contribution is 2.36. The number of aliphatic hydroxyl groups is 5. The van der Waals surface area contributed by atoms with Gasteiger partial charge in [-0.15, -0.1) is 0 Å². The van der Waals surface area contributed by atoms with Crippen LogP contribution in [0.4, 0.5) is 0 Å². The summed E-state index contributed by atoms with van der Waals surface area (Å²) in [6, 6.07) is 5.93. The highest BCUT2D eigenvalue weighted by Gasteiger charge is 2.53. The van der Waals surface area contributed by atoms with E-state index in [1.165, 1.54) is 43.3 Å². The number of phenols is 1. The summed E-state index contributed by atoms with van der Waals surface area (Å²) in [5.74, 6) is -0.742. The summed E-state index contributed by atoms with van der Waals surface area (Å²) in [4.78, 5) is 12.9. The fourth-order valence-corrected chi connectivity index (χ4v) is 6.09. The molecular formula is C31H34Cl3NO12. The normalized spacial score (nSPS) is 32.6. The van der Waals surface area contributed by atoms with Crippen LogP contribution in [0.25, 0.3) is 6.08 Å². The van der Waals surface area contributed by atoms with Gasteiger partial charge in [-0.3, -0.25) is 4.79 Å². The molecule has 13 nitrogen and oxygen atoms in total. The second-order valence-corrected chi connectivity index (χ2v) is 12.6. The van der Waals surface area contributed by atoms with E-state index in [-0.39, 0.29) is 45.5 Å². The van der Waals surface area contributed by atoms with Crippen molar-refractivity contribution >= 4 is 46.8 Å². The maximum atomic E-state index is 12.9. The van der Waals surface area contributed by atoms with E-state index in [0.29, 0.717) is 16.9 Å². The number of nitrogens with one attached hydrogen (secondary N) is 1. The first-order valence-electron chi connectivity index (χ1n) is 14.5. The zero-order valence-corrected chi connectivity index (χ0v) is 27.3. The maximum Gasteiger partial charge on any atom is 0.247 e. The van der Waals surface area contributed by atoms with Gasteiger partial charge >= 0.3 is 0 Å². The number of halogens is 3. The summed E-state index contributed by atoms with van der Waals surface area (Å²) < 4.78 is 27.6. The Balaban J connectivity index is 1.18. The highest BCUT2D eigenvalue weighted by atomic mass is 35.5. The Hall–Kier alpha value is -2.66. The lowest BCUT2D eigenvalue weighted by atomic mass is 9.83. The highest BCUT2D eigenvalue weighted by molar-refractivity contribution is 6.43. The van der Waals surface area contributed by atoms with E-state index < -0.39 is 67.1 Å². The van der Waals surface area contributed by atoms with Crippen molar-refractivity contribution in [3.8, 4) is 17.2 Å². The van der Waals surface area contributed by atoms with Crippen molar-refractivity contribution in [1.82, 2.24) is 5.32 Å². The van der Waals surface area contributed by atoms with Crippen LogP contribution in [-0.2, 0) is 19.0 Å². The monoisotopic (exact) mass is 717 g/mol. The standard InChI is InChI=1S/C31H34Cl3NO12/c1-12(5-6-43-20-10-16(33)15(32)9-17(20)34)27-25(40)26(41)31(47-27)46-19-4-3-14(8-18(19)36)7-13(2)30(42)35-21-22(37)24(39)29-28(23(21)38)44-11-45-29/h3-5,7-10,21-29,31,36-41H,6,11H2,1-2H3,(H,35,42)/b12-5-,13-7+/t21-,22+,23-,24-,25+,26+,27-,28+,29-,31-/m1/s1. The van der Waals surface area contributed by atoms with Crippen molar-refractivity contribution in [2.24, 2.45) is 0 Å². The molecule has 2 saturated heterocycles. The molecule has 3 aliphatic rings. The first-order valence-corrected chi connectivity index (χ1v) is 15.6. The van der Waals surface area contributed by atoms with Crippen LogP contribution in [0.1, 0.15) is 19.4 Å². The van der Waals surface area contributed by atoms with E-state index >= 15 is 0 Å². The van der Waals surface area contributed by atoms with Crippen molar-refractivity contribution < 1.29 is 59.1 Å². The molecule has 0 spiro atoms. The molecule has 47 heavy (non-hydrogen) atoms. The molecule has 2 aliphatic heterocycles. The van der Waals surface area contributed by atoms with Gasteiger partial charge in [0.2, 0.25) is 12.2 Å². The smallest absolute Gasteiger partial charge is 0.247 e. The summed E-state index contributed by atoms with van der Waals surface area (Å²) in [5.41, 5.74) is 1.08. The topological polar surface area (TPSA) is 197 Å². The largest absolute Gasteiger partial charge is 0.504 e. The van der Waals surface area contributed by atoms with E-state index in [4.69, 9.17) is 58.5 Å². The van der Waals surface area contributed by atoms with E-state index in [9.17, 15) is 35.4 Å². The maximum absolute atomic E-state index is 12.9. The molecule has 0 radical (unpaired) electrons. The summed E-state index contributed by atoms with van der Waals surface area (Å²) in [6.45, 7) is 3.04. The SMILES string of the molecule is C/C(=C/COc1cc(Cl)c(Cl)cc1Cl)[C@H]1O[C@@H](Oc2ccc(/C=C(\C)C(=O)N[C@@H]3[C@H](O)[C@@H](O)[C@H]4OCO[C@H]4[C@@H]3O)cc2O)[C@@H](O)[C@@H]1O. The Morgan fingerprint density at radius 2 is 1.57 bits per heavy atom. The van der Waals surface area contributed by atoms with E-state index in [0.717, 1.165) is 0 Å². The molecule has 16 heteroatoms. The molecule has 2 aromatic carbocycles. The quantitative estimate of drug-likeness (QED) is 0.113. The second kappa shape index (κ2) is 14.8. The molecule has 3 fully saturated rings. The Morgan fingerprint density at radius 1 is 0.894 bits per heavy atom. The van der Waals surface area contributed by atoms with E-state index in [1.807, 2.05) is 0 Å². The number of carbonyl (C=O) groups excluding carboxylic acids is 1. The number of ether oxygens (including phenoxy) is 5. The van der Waals surface area contributed by atoms with Gasteiger partial charge in [-0.2, -0.15) is 0 Å². The van der Waals surface area contributed by atoms with Gasteiger partial charge in [0, 0.05) is 11.6 Å². The molecule has 256 valence electrons. The number of fused-ring (bicyclic) bond motifs is 1. The number of hydrogen-bond donors (Lipinski definition) is 7. The third-order valence-corrected chi connectivity index (χ3v) is 9.17. The van der Waals surface area contributed by atoms with Crippen LogP contribution in [0.3, 0.4) is 0 Å². The number of carbonyl (C=O) groups is 1. The van der Waals surface area contributed by atoms with Crippen molar-refractivity contribution in [3.63, 3.8) is 0 Å². The molecule has 0 unspecified atom stereocenters. The zero-order valence-electron chi connectivity index (χ0n) is 25.0. The van der Waals surface area contributed by atoms with Crippen molar-refractivity contribution in [2.75, 3.05) is 13.4 Å². The van der Waals surface area contributed by atoms with Crippen molar-refractivity contribution in [3.05, 3.63) is 68.2 Å². The summed E-state index contributed by atoms with van der Waals surface area (Å²) in [7, 11) is 0. The minimum absolute atomic E-state index is 0.0407. The average Bonchev–Trinajstić information content (AvgIpc) is 3.63. The Labute approximate surface area is 284 Å². The fraction of sp³-hybridized carbons (Fsp3) is 0.452. The summed E-state index contributed by atoms with van der Waals surface area (Å²) in [5, 5.41) is 66.6. The van der Waals surface area contributed by atoms with Crippen LogP contribution in [0.15, 0.2) is 47.6 Å². The van der Waals surface area contributed by atoms with Gasteiger partial charge < -0.3 is 59.6 Å². The first kappa shape index (κ1) is 35.6.